The van der Waals surface area contributed by atoms with Crippen molar-refractivity contribution in [1.29, 1.82) is 0 Å². The van der Waals surface area contributed by atoms with Crippen LogP contribution in [0, 0.1) is 32.0 Å². The Bertz CT molecular complexity index is 1450. The van der Waals surface area contributed by atoms with Gasteiger partial charge in [-0.05, 0) is 86.6 Å². The third-order valence-electron chi connectivity index (χ3n) is 9.73. The molecular formula is C34H40FN3O2. The topological polar surface area (TPSA) is 56.7 Å². The summed E-state index contributed by atoms with van der Waals surface area (Å²) in [6.45, 7) is 10.1. The van der Waals surface area contributed by atoms with Gasteiger partial charge in [-0.2, -0.15) is 0 Å². The number of fused-ring (bicyclic) bond motifs is 1. The maximum absolute atomic E-state index is 14.5. The van der Waals surface area contributed by atoms with Crippen LogP contribution in [-0.4, -0.2) is 40.6 Å². The first-order chi connectivity index (χ1) is 19.2. The van der Waals surface area contributed by atoms with E-state index in [1.54, 1.807) is 6.07 Å². The summed E-state index contributed by atoms with van der Waals surface area (Å²) >= 11 is 0. The lowest BCUT2D eigenvalue weighted by Gasteiger charge is -2.49. The molecule has 2 aromatic carbocycles. The number of rotatable bonds is 6. The molecule has 2 aliphatic heterocycles. The number of anilines is 1. The molecule has 1 spiro atoms. The molecule has 0 amide bonds. The minimum atomic E-state index is -0.816. The van der Waals surface area contributed by atoms with Crippen molar-refractivity contribution in [1.82, 2.24) is 9.88 Å². The molecule has 6 heteroatoms. The number of hydrogen-bond donors (Lipinski definition) is 1. The van der Waals surface area contributed by atoms with Gasteiger partial charge >= 0.3 is 5.97 Å². The van der Waals surface area contributed by atoms with Gasteiger partial charge in [-0.25, -0.2) is 4.39 Å². The highest BCUT2D eigenvalue weighted by Gasteiger charge is 2.40. The maximum Gasteiger partial charge on any atom is 0.307 e. The van der Waals surface area contributed by atoms with Gasteiger partial charge in [0.15, 0.2) is 0 Å². The lowest BCUT2D eigenvalue weighted by atomic mass is 9.63. The van der Waals surface area contributed by atoms with Gasteiger partial charge < -0.3 is 10.0 Å². The standard InChI is InChI=1S/C34H40FN3O2/c1-22-5-6-28(30(35)17-22)21-37-14-9-25-18-26(7-8-27(25)20-37)32-24(3)36-23(2)29(19-31(39)40)33(32)38-15-12-34(13-16-38)10-4-11-34/h5-8,17-18H,4,9-16,19-21H2,1-3H3,(H,39,40). The molecule has 1 saturated carbocycles. The fraction of sp³-hybridized carbons (Fsp3) is 0.471. The van der Waals surface area contributed by atoms with Crippen LogP contribution in [0.15, 0.2) is 36.4 Å². The number of carboxylic acid groups (broad SMARTS) is 1. The second kappa shape index (κ2) is 10.6. The summed E-state index contributed by atoms with van der Waals surface area (Å²) in [4.78, 5) is 21.6. The lowest BCUT2D eigenvalue weighted by Crippen LogP contribution is -2.44. The highest BCUT2D eigenvalue weighted by Crippen LogP contribution is 2.50. The number of pyridine rings is 1. The van der Waals surface area contributed by atoms with Crippen LogP contribution in [0.5, 0.6) is 0 Å². The summed E-state index contributed by atoms with van der Waals surface area (Å²) in [6.07, 6.45) is 7.26. The normalized spacial score (nSPS) is 18.4. The molecule has 1 saturated heterocycles. The van der Waals surface area contributed by atoms with Crippen LogP contribution >= 0.6 is 0 Å². The number of carboxylic acids is 1. The Hall–Kier alpha value is -3.25. The SMILES string of the molecule is Cc1ccc(CN2CCc3cc(-c4c(C)nc(C)c(CC(=O)O)c4N4CCC5(CCC5)CC4)ccc3C2)c(F)c1. The van der Waals surface area contributed by atoms with Gasteiger partial charge in [0.2, 0.25) is 0 Å². The zero-order valence-corrected chi connectivity index (χ0v) is 24.0. The third kappa shape index (κ3) is 5.14. The second-order valence-corrected chi connectivity index (χ2v) is 12.4. The second-order valence-electron chi connectivity index (χ2n) is 12.4. The fourth-order valence-electron chi connectivity index (χ4n) is 7.23. The van der Waals surface area contributed by atoms with E-state index in [1.807, 2.05) is 26.0 Å². The molecule has 6 rings (SSSR count). The number of aryl methyl sites for hydroxylation is 3. The predicted octanol–water partition coefficient (Wildman–Crippen LogP) is 6.77. The van der Waals surface area contributed by atoms with Crippen molar-refractivity contribution in [3.8, 4) is 11.1 Å². The van der Waals surface area contributed by atoms with Crippen molar-refractivity contribution in [3.63, 3.8) is 0 Å². The van der Waals surface area contributed by atoms with Crippen LogP contribution in [0.1, 0.15) is 71.3 Å². The molecule has 0 radical (unpaired) electrons. The Kier molecular flexibility index (Phi) is 7.16. The van der Waals surface area contributed by atoms with Crippen molar-refractivity contribution in [3.05, 3.63) is 81.4 Å². The van der Waals surface area contributed by atoms with Crippen LogP contribution in [0.25, 0.3) is 11.1 Å². The number of nitrogens with zero attached hydrogens (tertiary/aromatic N) is 3. The first-order valence-electron chi connectivity index (χ1n) is 14.8. The van der Waals surface area contributed by atoms with Crippen LogP contribution in [-0.2, 0) is 30.7 Å². The number of aliphatic carboxylic acids is 1. The summed E-state index contributed by atoms with van der Waals surface area (Å²) < 4.78 is 14.5. The Balaban J connectivity index is 1.32. The molecule has 0 bridgehead atoms. The number of piperidine rings is 1. The van der Waals surface area contributed by atoms with Crippen LogP contribution < -0.4 is 4.90 Å². The highest BCUT2D eigenvalue weighted by molar-refractivity contribution is 5.86. The summed E-state index contributed by atoms with van der Waals surface area (Å²) in [5.41, 5.74) is 10.7. The van der Waals surface area contributed by atoms with E-state index >= 15 is 0 Å². The molecule has 1 aliphatic carbocycles. The van der Waals surface area contributed by atoms with Gasteiger partial charge in [-0.3, -0.25) is 14.7 Å². The van der Waals surface area contributed by atoms with Gasteiger partial charge in [0, 0.05) is 60.8 Å². The van der Waals surface area contributed by atoms with Crippen molar-refractivity contribution in [2.45, 2.75) is 78.8 Å². The minimum Gasteiger partial charge on any atom is -0.481 e. The van der Waals surface area contributed by atoms with E-state index < -0.39 is 5.97 Å². The highest BCUT2D eigenvalue weighted by atomic mass is 19.1. The number of benzene rings is 2. The van der Waals surface area contributed by atoms with Crippen LogP contribution in [0.2, 0.25) is 0 Å². The van der Waals surface area contributed by atoms with E-state index in [0.29, 0.717) is 12.0 Å². The maximum atomic E-state index is 14.5. The van der Waals surface area contributed by atoms with Gasteiger partial charge in [-0.15, -0.1) is 0 Å². The first-order valence-corrected chi connectivity index (χ1v) is 14.8. The number of aromatic nitrogens is 1. The molecule has 3 heterocycles. The van der Waals surface area contributed by atoms with Gasteiger partial charge in [0.05, 0.1) is 12.1 Å². The zero-order chi connectivity index (χ0) is 28.0. The molecule has 40 heavy (non-hydrogen) atoms. The molecule has 5 nitrogen and oxygen atoms in total. The molecule has 0 unspecified atom stereocenters. The van der Waals surface area contributed by atoms with Gasteiger partial charge in [-0.1, -0.05) is 36.8 Å². The Morgan fingerprint density at radius 2 is 1.75 bits per heavy atom. The average Bonchev–Trinajstić information content (AvgIpc) is 2.90. The molecular weight excluding hydrogens is 501 g/mol. The summed E-state index contributed by atoms with van der Waals surface area (Å²) in [6, 6.07) is 12.2. The molecule has 1 N–H and O–H groups in total. The summed E-state index contributed by atoms with van der Waals surface area (Å²) in [7, 11) is 0. The number of halogens is 1. The first kappa shape index (κ1) is 26.9. The largest absolute Gasteiger partial charge is 0.481 e. The molecule has 3 aliphatic rings. The Morgan fingerprint density at radius 3 is 2.42 bits per heavy atom. The summed E-state index contributed by atoms with van der Waals surface area (Å²) in [5, 5.41) is 9.82. The van der Waals surface area contributed by atoms with E-state index in [9.17, 15) is 14.3 Å². The Labute approximate surface area is 237 Å². The van der Waals surface area contributed by atoms with Gasteiger partial charge in [0.25, 0.3) is 0 Å². The average molecular weight is 542 g/mol. The van der Waals surface area contributed by atoms with E-state index in [1.165, 1.54) is 43.2 Å². The number of carbonyl (C=O) groups is 1. The lowest BCUT2D eigenvalue weighted by molar-refractivity contribution is -0.136. The van der Waals surface area contributed by atoms with Gasteiger partial charge in [0.1, 0.15) is 5.82 Å². The number of hydrogen-bond acceptors (Lipinski definition) is 4. The van der Waals surface area contributed by atoms with Crippen molar-refractivity contribution in [2.24, 2.45) is 5.41 Å². The van der Waals surface area contributed by atoms with Crippen molar-refractivity contribution < 1.29 is 14.3 Å². The molecule has 3 aromatic rings. The molecule has 210 valence electrons. The zero-order valence-electron chi connectivity index (χ0n) is 24.0. The monoisotopic (exact) mass is 541 g/mol. The predicted molar refractivity (Wildman–Crippen MR) is 157 cm³/mol. The van der Waals surface area contributed by atoms with E-state index in [4.69, 9.17) is 4.98 Å². The van der Waals surface area contributed by atoms with E-state index in [2.05, 4.69) is 34.9 Å². The summed E-state index contributed by atoms with van der Waals surface area (Å²) in [5.74, 6) is -0.946. The molecule has 2 fully saturated rings. The fourth-order valence-corrected chi connectivity index (χ4v) is 7.23. The minimum absolute atomic E-state index is 0.0153. The quantitative estimate of drug-likeness (QED) is 0.373. The third-order valence-corrected chi connectivity index (χ3v) is 9.73. The molecule has 1 aromatic heterocycles. The van der Waals surface area contributed by atoms with Crippen molar-refractivity contribution in [2.75, 3.05) is 24.5 Å². The van der Waals surface area contributed by atoms with Crippen molar-refractivity contribution >= 4 is 11.7 Å². The Morgan fingerprint density at radius 1 is 0.975 bits per heavy atom. The van der Waals surface area contributed by atoms with Crippen LogP contribution in [0.4, 0.5) is 10.1 Å². The smallest absolute Gasteiger partial charge is 0.307 e. The van der Waals surface area contributed by atoms with E-state index in [-0.39, 0.29) is 12.2 Å². The van der Waals surface area contributed by atoms with Crippen LogP contribution in [0.3, 0.4) is 0 Å². The van der Waals surface area contributed by atoms with E-state index in [0.717, 1.165) is 77.5 Å². The molecule has 0 atom stereocenters.